The Hall–Kier alpha value is -2.94. The molecule has 2 aromatic heterocycles. The molecule has 0 aliphatic heterocycles. The van der Waals surface area contributed by atoms with Gasteiger partial charge in [0, 0.05) is 53.4 Å². The molecular weight excluding hydrogens is 342 g/mol. The third-order valence-corrected chi connectivity index (χ3v) is 5.58. The van der Waals surface area contributed by atoms with E-state index in [4.69, 9.17) is 5.10 Å². The van der Waals surface area contributed by atoms with Crippen LogP contribution < -0.4 is 4.57 Å². The molecular formula is C25H28N3+. The second-order valence-corrected chi connectivity index (χ2v) is 8.00. The minimum Gasteiger partial charge on any atom is -0.270 e. The fourth-order valence-electron chi connectivity index (χ4n) is 4.28. The van der Waals surface area contributed by atoms with Crippen molar-refractivity contribution in [2.45, 2.75) is 47.6 Å². The average molecular weight is 371 g/mol. The van der Waals surface area contributed by atoms with Gasteiger partial charge in [-0.25, -0.2) is 0 Å². The number of para-hydroxylation sites is 1. The smallest absolute Gasteiger partial charge is 0.218 e. The molecule has 3 heteroatoms. The number of hydrogen-bond donors (Lipinski definition) is 0. The van der Waals surface area contributed by atoms with E-state index in [1.54, 1.807) is 0 Å². The van der Waals surface area contributed by atoms with E-state index in [-0.39, 0.29) is 0 Å². The summed E-state index contributed by atoms with van der Waals surface area (Å²) in [5.74, 6) is 0. The van der Waals surface area contributed by atoms with E-state index in [0.29, 0.717) is 6.04 Å². The van der Waals surface area contributed by atoms with Crippen LogP contribution in [0.3, 0.4) is 0 Å². The van der Waals surface area contributed by atoms with Gasteiger partial charge in [0.05, 0.1) is 5.69 Å². The van der Waals surface area contributed by atoms with Gasteiger partial charge >= 0.3 is 0 Å². The lowest BCUT2D eigenvalue weighted by molar-refractivity contribution is -0.575. The molecule has 0 unspecified atom stereocenters. The van der Waals surface area contributed by atoms with Crippen LogP contribution in [0.5, 0.6) is 0 Å². The summed E-state index contributed by atoms with van der Waals surface area (Å²) in [7, 11) is 0. The van der Waals surface area contributed by atoms with Crippen LogP contribution >= 0.6 is 0 Å². The van der Waals surface area contributed by atoms with E-state index < -0.39 is 0 Å². The van der Waals surface area contributed by atoms with E-state index >= 15 is 0 Å². The van der Waals surface area contributed by atoms with Crippen molar-refractivity contribution < 1.29 is 4.57 Å². The first-order chi connectivity index (χ1) is 13.4. The summed E-state index contributed by atoms with van der Waals surface area (Å²) in [4.78, 5) is 0. The molecule has 0 saturated heterocycles. The summed E-state index contributed by atoms with van der Waals surface area (Å²) < 4.78 is 4.42. The number of hydrogen-bond acceptors (Lipinski definition) is 1. The number of aryl methyl sites for hydroxylation is 3. The van der Waals surface area contributed by atoms with E-state index in [1.165, 1.54) is 44.5 Å². The summed E-state index contributed by atoms with van der Waals surface area (Å²) in [5, 5.41) is 6.11. The van der Waals surface area contributed by atoms with Gasteiger partial charge < -0.3 is 0 Å². The molecule has 3 nitrogen and oxygen atoms in total. The highest BCUT2D eigenvalue weighted by atomic mass is 15.3. The molecule has 0 aliphatic rings. The number of aromatic nitrogens is 3. The molecule has 0 radical (unpaired) electrons. The minimum atomic E-state index is 0.356. The van der Waals surface area contributed by atoms with Gasteiger partial charge in [-0.15, -0.1) is 0 Å². The third-order valence-electron chi connectivity index (χ3n) is 5.58. The lowest BCUT2D eigenvalue weighted by atomic mass is 9.94. The third kappa shape index (κ3) is 2.91. The van der Waals surface area contributed by atoms with Gasteiger partial charge in [-0.1, -0.05) is 12.1 Å². The Bertz CT molecular complexity index is 1180. The molecule has 0 spiro atoms. The molecule has 142 valence electrons. The number of pyridine rings is 1. The van der Waals surface area contributed by atoms with Crippen molar-refractivity contribution in [2.24, 2.45) is 0 Å². The van der Waals surface area contributed by atoms with Crippen molar-refractivity contribution >= 4 is 10.9 Å². The minimum absolute atomic E-state index is 0.356. The molecule has 4 rings (SSSR count). The quantitative estimate of drug-likeness (QED) is 0.418. The van der Waals surface area contributed by atoms with Gasteiger partial charge in [-0.2, -0.15) is 9.67 Å². The van der Waals surface area contributed by atoms with Crippen LogP contribution in [0.15, 0.2) is 54.7 Å². The Kier molecular flexibility index (Phi) is 4.54. The maximum absolute atomic E-state index is 4.86. The van der Waals surface area contributed by atoms with Gasteiger partial charge in [-0.05, 0) is 64.4 Å². The van der Waals surface area contributed by atoms with Crippen LogP contribution in [0.4, 0.5) is 0 Å². The molecule has 0 atom stereocenters. The van der Waals surface area contributed by atoms with Crippen LogP contribution in [-0.4, -0.2) is 9.78 Å². The lowest BCUT2D eigenvalue weighted by Gasteiger charge is -2.14. The van der Waals surface area contributed by atoms with Gasteiger partial charge in [0.1, 0.15) is 0 Å². The standard InChI is InChI=1S/C25H28N3/c1-16(2)27-14-13-22(26-27)24-17(3)15-18(4)25(20(24)6)28-19(5)11-12-21-9-7-8-10-23(21)28/h7-16H,1-6H3/q+1. The zero-order valence-corrected chi connectivity index (χ0v) is 17.6. The van der Waals surface area contributed by atoms with Gasteiger partial charge in [0.2, 0.25) is 11.2 Å². The van der Waals surface area contributed by atoms with E-state index in [1.807, 2.05) is 4.68 Å². The van der Waals surface area contributed by atoms with E-state index in [0.717, 1.165) is 5.69 Å². The highest BCUT2D eigenvalue weighted by Crippen LogP contribution is 2.32. The average Bonchev–Trinajstić information content (AvgIpc) is 3.13. The fourth-order valence-corrected chi connectivity index (χ4v) is 4.28. The molecule has 0 bridgehead atoms. The van der Waals surface area contributed by atoms with Crippen molar-refractivity contribution in [3.63, 3.8) is 0 Å². The molecule has 0 saturated carbocycles. The number of fused-ring (bicyclic) bond motifs is 1. The molecule has 0 fully saturated rings. The molecule has 0 N–H and O–H groups in total. The van der Waals surface area contributed by atoms with Gasteiger partial charge in [-0.3, -0.25) is 4.68 Å². The van der Waals surface area contributed by atoms with Gasteiger partial charge in [0.15, 0.2) is 5.69 Å². The number of nitrogens with zero attached hydrogens (tertiary/aromatic N) is 3. The molecule has 0 aliphatic carbocycles. The normalized spacial score (nSPS) is 11.5. The Morgan fingerprint density at radius 3 is 2.36 bits per heavy atom. The maximum Gasteiger partial charge on any atom is 0.218 e. The second kappa shape index (κ2) is 6.90. The highest BCUT2D eigenvalue weighted by molar-refractivity contribution is 5.77. The Morgan fingerprint density at radius 2 is 1.64 bits per heavy atom. The predicted octanol–water partition coefficient (Wildman–Crippen LogP) is 5.79. The molecule has 4 aromatic rings. The SMILES string of the molecule is Cc1cc(C)c(-[n+]2c(C)ccc3ccccc32)c(C)c1-c1ccn(C(C)C)n1. The molecule has 2 heterocycles. The van der Waals surface area contributed by atoms with Crippen LogP contribution in [-0.2, 0) is 0 Å². The van der Waals surface area contributed by atoms with Crippen molar-refractivity contribution in [1.82, 2.24) is 9.78 Å². The first kappa shape index (κ1) is 18.4. The largest absolute Gasteiger partial charge is 0.270 e. The lowest BCUT2D eigenvalue weighted by Crippen LogP contribution is -2.37. The van der Waals surface area contributed by atoms with E-state index in [9.17, 15) is 0 Å². The molecule has 28 heavy (non-hydrogen) atoms. The van der Waals surface area contributed by atoms with Crippen LogP contribution in [0.25, 0.3) is 27.8 Å². The molecule has 2 aromatic carbocycles. The van der Waals surface area contributed by atoms with Crippen molar-refractivity contribution in [1.29, 1.82) is 0 Å². The first-order valence-electron chi connectivity index (χ1n) is 9.95. The number of benzene rings is 2. The van der Waals surface area contributed by atoms with Gasteiger partial charge in [0.25, 0.3) is 0 Å². The van der Waals surface area contributed by atoms with Crippen LogP contribution in [0, 0.1) is 27.7 Å². The van der Waals surface area contributed by atoms with Crippen molar-refractivity contribution in [3.8, 4) is 16.9 Å². The monoisotopic (exact) mass is 370 g/mol. The summed E-state index contributed by atoms with van der Waals surface area (Å²) in [5.41, 5.74) is 9.83. The first-order valence-corrected chi connectivity index (χ1v) is 9.95. The summed E-state index contributed by atoms with van der Waals surface area (Å²) in [6.07, 6.45) is 2.08. The summed E-state index contributed by atoms with van der Waals surface area (Å²) >= 11 is 0. The molecule has 0 amide bonds. The predicted molar refractivity (Wildman–Crippen MR) is 116 cm³/mol. The summed E-state index contributed by atoms with van der Waals surface area (Å²) in [6.45, 7) is 13.1. The zero-order chi connectivity index (χ0) is 20.0. The summed E-state index contributed by atoms with van der Waals surface area (Å²) in [6, 6.07) is 17.8. The second-order valence-electron chi connectivity index (χ2n) is 8.00. The zero-order valence-electron chi connectivity index (χ0n) is 17.6. The Balaban J connectivity index is 2.03. The van der Waals surface area contributed by atoms with Crippen LogP contribution in [0.2, 0.25) is 0 Å². The Labute approximate surface area is 167 Å². The topological polar surface area (TPSA) is 21.7 Å². The number of rotatable bonds is 3. The Morgan fingerprint density at radius 1 is 0.893 bits per heavy atom. The van der Waals surface area contributed by atoms with Crippen molar-refractivity contribution in [2.75, 3.05) is 0 Å². The fraction of sp³-hybridized carbons (Fsp3) is 0.280. The highest BCUT2D eigenvalue weighted by Gasteiger charge is 2.24. The maximum atomic E-state index is 4.86. The van der Waals surface area contributed by atoms with Crippen molar-refractivity contribution in [3.05, 3.63) is 77.1 Å². The van der Waals surface area contributed by atoms with E-state index in [2.05, 4.69) is 101 Å². The van der Waals surface area contributed by atoms with Crippen LogP contribution in [0.1, 0.15) is 42.3 Å².